The molecule has 0 atom stereocenters. The molecule has 2 heterocycles. The van der Waals surface area contributed by atoms with Crippen LogP contribution in [0.1, 0.15) is 10.6 Å². The maximum absolute atomic E-state index is 12.9. The summed E-state index contributed by atoms with van der Waals surface area (Å²) in [6, 6.07) is 12.7. The predicted molar refractivity (Wildman–Crippen MR) is 121 cm³/mol. The number of carbonyl (C=O) groups is 1. The maximum atomic E-state index is 12.9. The second kappa shape index (κ2) is 8.83. The lowest BCUT2D eigenvalue weighted by atomic mass is 10.2. The first kappa shape index (κ1) is 21.6. The Balaban J connectivity index is 1.46. The number of carbonyl (C=O) groups excluding carboxylic acids is 1. The highest BCUT2D eigenvalue weighted by atomic mass is 35.5. The number of ether oxygens (including phenoxy) is 1. The first-order valence-corrected chi connectivity index (χ1v) is 12.0. The topological polar surface area (TPSA) is 101 Å². The van der Waals surface area contributed by atoms with E-state index in [0.29, 0.717) is 34.6 Å². The van der Waals surface area contributed by atoms with Crippen molar-refractivity contribution in [3.8, 4) is 5.75 Å². The van der Waals surface area contributed by atoms with Gasteiger partial charge in [0.15, 0.2) is 5.13 Å². The van der Waals surface area contributed by atoms with Crippen molar-refractivity contribution >= 4 is 49.8 Å². The first-order valence-electron chi connectivity index (χ1n) is 9.32. The van der Waals surface area contributed by atoms with Crippen LogP contribution < -0.4 is 15.4 Å². The van der Waals surface area contributed by atoms with E-state index in [9.17, 15) is 13.2 Å². The molecular formula is C20H19ClN4O4S2. The molecule has 0 saturated heterocycles. The van der Waals surface area contributed by atoms with Crippen LogP contribution in [-0.2, 0) is 23.0 Å². The molecule has 0 unspecified atom stereocenters. The molecule has 2 N–H and O–H groups in total. The lowest BCUT2D eigenvalue weighted by Gasteiger charge is -2.25. The molecule has 0 spiro atoms. The number of thiazole rings is 1. The highest BCUT2D eigenvalue weighted by Gasteiger charge is 2.30. The zero-order chi connectivity index (χ0) is 22.0. The van der Waals surface area contributed by atoms with Crippen molar-refractivity contribution in [1.82, 2.24) is 9.29 Å². The minimum absolute atomic E-state index is 0.218. The Hall–Kier alpha value is -2.66. The van der Waals surface area contributed by atoms with Gasteiger partial charge in [-0.1, -0.05) is 41.1 Å². The number of urea groups is 1. The number of rotatable bonds is 5. The van der Waals surface area contributed by atoms with E-state index < -0.39 is 16.1 Å². The monoisotopic (exact) mass is 478 g/mol. The number of nitrogens with zero attached hydrogens (tertiary/aromatic N) is 2. The zero-order valence-corrected chi connectivity index (χ0v) is 18.9. The summed E-state index contributed by atoms with van der Waals surface area (Å²) >= 11 is 7.25. The molecule has 3 aromatic rings. The molecule has 162 valence electrons. The third-order valence-corrected chi connectivity index (χ3v) is 7.80. The number of anilines is 2. The Bertz CT molecular complexity index is 1220. The molecule has 1 aromatic heterocycles. The van der Waals surface area contributed by atoms with Gasteiger partial charge in [0.1, 0.15) is 5.75 Å². The number of aromatic nitrogens is 1. The number of nitrogens with one attached hydrogen (secondary N) is 2. The molecule has 1 aliphatic heterocycles. The van der Waals surface area contributed by atoms with Crippen LogP contribution in [0.15, 0.2) is 53.4 Å². The van der Waals surface area contributed by atoms with E-state index in [1.807, 2.05) is 0 Å². The molecule has 2 aromatic carbocycles. The lowest BCUT2D eigenvalue weighted by Crippen LogP contribution is -2.35. The minimum Gasteiger partial charge on any atom is -0.495 e. The number of methoxy groups -OCH3 is 1. The third-order valence-electron chi connectivity index (χ3n) is 4.71. The number of halogens is 1. The SMILES string of the molecule is COc1ccc(Cl)cc1NC(=O)Nc1nc2c(s1)CN(S(=O)(=O)c1ccccc1)CC2. The molecule has 1 aliphatic rings. The van der Waals surface area contributed by atoms with Gasteiger partial charge in [-0.2, -0.15) is 4.31 Å². The molecule has 0 fully saturated rings. The number of amides is 2. The number of benzene rings is 2. The molecule has 4 rings (SSSR count). The van der Waals surface area contributed by atoms with Crippen LogP contribution in [0.5, 0.6) is 5.75 Å². The average molecular weight is 479 g/mol. The second-order valence-corrected chi connectivity index (χ2v) is 10.2. The van der Waals surface area contributed by atoms with Gasteiger partial charge >= 0.3 is 6.03 Å². The van der Waals surface area contributed by atoms with Crippen molar-refractivity contribution < 1.29 is 17.9 Å². The highest BCUT2D eigenvalue weighted by Crippen LogP contribution is 2.32. The Morgan fingerprint density at radius 1 is 1.19 bits per heavy atom. The van der Waals surface area contributed by atoms with Gasteiger partial charge in [-0.3, -0.25) is 5.32 Å². The fourth-order valence-corrected chi connectivity index (χ4v) is 5.90. The summed E-state index contributed by atoms with van der Waals surface area (Å²) in [5, 5.41) is 6.23. The van der Waals surface area contributed by atoms with Gasteiger partial charge in [0.25, 0.3) is 0 Å². The van der Waals surface area contributed by atoms with E-state index in [-0.39, 0.29) is 11.4 Å². The summed E-state index contributed by atoms with van der Waals surface area (Å²) in [5.41, 5.74) is 1.22. The fourth-order valence-electron chi connectivity index (χ4n) is 3.20. The number of sulfonamides is 1. The van der Waals surface area contributed by atoms with Crippen molar-refractivity contribution in [1.29, 1.82) is 0 Å². The van der Waals surface area contributed by atoms with E-state index in [0.717, 1.165) is 10.6 Å². The highest BCUT2D eigenvalue weighted by molar-refractivity contribution is 7.89. The van der Waals surface area contributed by atoms with Gasteiger partial charge in [-0.25, -0.2) is 18.2 Å². The lowest BCUT2D eigenvalue weighted by molar-refractivity contribution is 0.262. The maximum Gasteiger partial charge on any atom is 0.325 e. The van der Waals surface area contributed by atoms with Crippen molar-refractivity contribution in [3.05, 3.63) is 64.1 Å². The van der Waals surface area contributed by atoms with Gasteiger partial charge in [0, 0.05) is 22.9 Å². The quantitative estimate of drug-likeness (QED) is 0.572. The summed E-state index contributed by atoms with van der Waals surface area (Å²) in [6.45, 7) is 0.551. The zero-order valence-electron chi connectivity index (χ0n) is 16.5. The van der Waals surface area contributed by atoms with E-state index >= 15 is 0 Å². The van der Waals surface area contributed by atoms with Crippen LogP contribution >= 0.6 is 22.9 Å². The van der Waals surface area contributed by atoms with E-state index in [1.165, 1.54) is 22.8 Å². The molecule has 0 radical (unpaired) electrons. The first-order chi connectivity index (χ1) is 14.9. The molecule has 8 nitrogen and oxygen atoms in total. The van der Waals surface area contributed by atoms with Crippen LogP contribution in [0, 0.1) is 0 Å². The van der Waals surface area contributed by atoms with Crippen LogP contribution in [0.4, 0.5) is 15.6 Å². The largest absolute Gasteiger partial charge is 0.495 e. The molecule has 0 saturated carbocycles. The Morgan fingerprint density at radius 3 is 2.71 bits per heavy atom. The molecule has 11 heteroatoms. The Kier molecular flexibility index (Phi) is 6.15. The Morgan fingerprint density at radius 2 is 1.97 bits per heavy atom. The van der Waals surface area contributed by atoms with Crippen molar-refractivity contribution in [2.24, 2.45) is 0 Å². The van der Waals surface area contributed by atoms with Crippen LogP contribution in [-0.4, -0.2) is 37.4 Å². The predicted octanol–water partition coefficient (Wildman–Crippen LogP) is 4.20. The van der Waals surface area contributed by atoms with E-state index in [4.69, 9.17) is 16.3 Å². The summed E-state index contributed by atoms with van der Waals surface area (Å²) in [7, 11) is -2.09. The number of fused-ring (bicyclic) bond motifs is 1. The molecular weight excluding hydrogens is 460 g/mol. The summed E-state index contributed by atoms with van der Waals surface area (Å²) in [6.07, 6.45) is 0.476. The number of hydrogen-bond acceptors (Lipinski definition) is 6. The number of hydrogen-bond donors (Lipinski definition) is 2. The van der Waals surface area contributed by atoms with Crippen molar-refractivity contribution in [2.45, 2.75) is 17.9 Å². The van der Waals surface area contributed by atoms with Gasteiger partial charge in [0.2, 0.25) is 10.0 Å². The van der Waals surface area contributed by atoms with Gasteiger partial charge < -0.3 is 10.1 Å². The van der Waals surface area contributed by atoms with Crippen LogP contribution in [0.3, 0.4) is 0 Å². The summed E-state index contributed by atoms with van der Waals surface area (Å²) < 4.78 is 32.4. The summed E-state index contributed by atoms with van der Waals surface area (Å²) in [5.74, 6) is 0.472. The van der Waals surface area contributed by atoms with E-state index in [2.05, 4.69) is 15.6 Å². The van der Waals surface area contributed by atoms with Crippen molar-refractivity contribution in [2.75, 3.05) is 24.3 Å². The van der Waals surface area contributed by atoms with Gasteiger partial charge in [0.05, 0.1) is 29.9 Å². The normalized spacial score (nSPS) is 14.0. The fraction of sp³-hybridized carbons (Fsp3) is 0.200. The van der Waals surface area contributed by atoms with Gasteiger partial charge in [-0.05, 0) is 30.3 Å². The smallest absolute Gasteiger partial charge is 0.325 e. The molecule has 0 aliphatic carbocycles. The average Bonchev–Trinajstić information content (AvgIpc) is 3.15. The van der Waals surface area contributed by atoms with Crippen LogP contribution in [0.2, 0.25) is 5.02 Å². The standard InChI is InChI=1S/C20H19ClN4O4S2/c1-29-17-8-7-13(21)11-16(17)22-19(26)24-20-23-15-9-10-25(12-18(15)30-20)31(27,28)14-5-3-2-4-6-14/h2-8,11H,9-10,12H2,1H3,(H2,22,23,24,26). The van der Waals surface area contributed by atoms with Crippen molar-refractivity contribution in [3.63, 3.8) is 0 Å². The minimum atomic E-state index is -3.58. The molecule has 0 bridgehead atoms. The van der Waals surface area contributed by atoms with Gasteiger partial charge in [-0.15, -0.1) is 0 Å². The molecule has 31 heavy (non-hydrogen) atoms. The van der Waals surface area contributed by atoms with E-state index in [1.54, 1.807) is 48.5 Å². The van der Waals surface area contributed by atoms with Crippen LogP contribution in [0.25, 0.3) is 0 Å². The second-order valence-electron chi connectivity index (χ2n) is 6.71. The molecule has 2 amide bonds. The Labute approximate surface area is 188 Å². The third kappa shape index (κ3) is 4.67. The summed E-state index contributed by atoms with van der Waals surface area (Å²) in [4.78, 5) is 17.9.